The predicted molar refractivity (Wildman–Crippen MR) is 61.2 cm³/mol. The van der Waals surface area contributed by atoms with Gasteiger partial charge < -0.3 is 13.8 Å². The highest BCUT2D eigenvalue weighted by Gasteiger charge is 2.09. The number of aryl methyl sites for hydroxylation is 1. The van der Waals surface area contributed by atoms with E-state index in [1.165, 1.54) is 19.2 Å². The summed E-state index contributed by atoms with van der Waals surface area (Å²) in [5, 5.41) is 4.66. The molecule has 94 valence electrons. The number of ether oxygens (including phenoxy) is 1. The number of rotatable bonds is 2. The molecule has 0 fully saturated rings. The molecule has 0 aliphatic rings. The summed E-state index contributed by atoms with van der Waals surface area (Å²) >= 11 is 0. The van der Waals surface area contributed by atoms with Gasteiger partial charge in [0, 0.05) is 4.90 Å². The number of methoxy groups -OCH3 is 1. The molecule has 0 bridgehead atoms. The van der Waals surface area contributed by atoms with Gasteiger partial charge in [-0.1, -0.05) is 13.8 Å². The third-order valence-electron chi connectivity index (χ3n) is 1.79. The van der Waals surface area contributed by atoms with E-state index in [-0.39, 0.29) is 0 Å². The van der Waals surface area contributed by atoms with E-state index in [1.54, 1.807) is 6.92 Å². The Morgan fingerprint density at radius 1 is 1.31 bits per heavy atom. The van der Waals surface area contributed by atoms with Crippen LogP contribution < -0.4 is 9.88 Å². The highest BCUT2D eigenvalue weighted by molar-refractivity contribution is 8.08. The van der Waals surface area contributed by atoms with Gasteiger partial charge in [-0.15, -0.1) is 9.81 Å². The van der Waals surface area contributed by atoms with Crippen molar-refractivity contribution in [2.45, 2.75) is 25.7 Å². The molecule has 0 aliphatic heterocycles. The van der Waals surface area contributed by atoms with Crippen molar-refractivity contribution in [3.8, 4) is 5.75 Å². The van der Waals surface area contributed by atoms with Crippen molar-refractivity contribution in [2.24, 2.45) is 5.14 Å². The molecular weight excluding hydrogens is 230 g/mol. The minimum absolute atomic E-state index is 0.444. The zero-order valence-electron chi connectivity index (χ0n) is 9.85. The molecule has 2 N–H and O–H groups in total. The van der Waals surface area contributed by atoms with Crippen LogP contribution in [0.2, 0.25) is 0 Å². The molecular formula is C10H17NO4S-2. The number of primary sulfonamides is 3. The Bertz CT molecular complexity index is 414. The van der Waals surface area contributed by atoms with Crippen LogP contribution in [0.1, 0.15) is 19.4 Å². The number of sulfonamides is 3. The maximum Gasteiger partial charge on any atom is 0.121 e. The van der Waals surface area contributed by atoms with Crippen LogP contribution in [0, 0.1) is 6.92 Å². The van der Waals surface area contributed by atoms with E-state index in [2.05, 4.69) is 5.14 Å². The summed E-state index contributed by atoms with van der Waals surface area (Å²) in [6.07, 6.45) is 0. The average Bonchev–Trinajstić information content (AvgIpc) is 2.18. The first kappa shape index (κ1) is 15.0. The first-order valence-electron chi connectivity index (χ1n) is 4.79. The zero-order valence-corrected chi connectivity index (χ0v) is 10.7. The first-order valence-corrected chi connectivity index (χ1v) is 6.67. The van der Waals surface area contributed by atoms with Gasteiger partial charge in [-0.3, -0.25) is 9.35 Å². The lowest BCUT2D eigenvalue weighted by atomic mass is 10.2. The van der Waals surface area contributed by atoms with Gasteiger partial charge >= 0.3 is 0 Å². The topological polar surface area (TPSA) is 98.4 Å². The van der Waals surface area contributed by atoms with Crippen molar-refractivity contribution < 1.29 is 18.1 Å². The van der Waals surface area contributed by atoms with Crippen LogP contribution >= 0.6 is 0 Å². The third-order valence-corrected chi connectivity index (χ3v) is 2.89. The van der Waals surface area contributed by atoms with Crippen molar-refractivity contribution in [3.05, 3.63) is 23.8 Å². The molecule has 0 spiro atoms. The quantitative estimate of drug-likeness (QED) is 0.852. The van der Waals surface area contributed by atoms with Crippen LogP contribution in [0.3, 0.4) is 0 Å². The second kappa shape index (κ2) is 4.92. The van der Waals surface area contributed by atoms with Gasteiger partial charge in [0.25, 0.3) is 0 Å². The molecule has 16 heavy (non-hydrogen) atoms. The fourth-order valence-corrected chi connectivity index (χ4v) is 1.78. The molecule has 0 saturated carbocycles. The van der Waals surface area contributed by atoms with E-state index < -0.39 is 14.7 Å². The van der Waals surface area contributed by atoms with Gasteiger partial charge in [0.1, 0.15) is 5.75 Å². The fourth-order valence-electron chi connectivity index (χ4n) is 1.08. The van der Waals surface area contributed by atoms with Gasteiger partial charge in [-0.2, -0.15) is 0 Å². The summed E-state index contributed by atoms with van der Waals surface area (Å²) in [5.41, 5.74) is 0.543. The number of hydrogen-bond acceptors (Lipinski definition) is 4. The molecule has 1 aromatic carbocycles. The summed E-state index contributed by atoms with van der Waals surface area (Å²) in [6.45, 7) is 5.63. The minimum Gasteiger partial charge on any atom is -0.785 e. The summed E-state index contributed by atoms with van der Waals surface area (Å²) in [7, 11) is -4.17. The minimum atomic E-state index is -5.63. The van der Waals surface area contributed by atoms with E-state index in [9.17, 15) is 13.3 Å². The van der Waals surface area contributed by atoms with Gasteiger partial charge in [0.2, 0.25) is 0 Å². The summed E-state index contributed by atoms with van der Waals surface area (Å²) in [4.78, 5) is -0.444. The van der Waals surface area contributed by atoms with E-state index in [1.807, 2.05) is 13.8 Å². The van der Waals surface area contributed by atoms with Gasteiger partial charge in [0.15, 0.2) is 0 Å². The Morgan fingerprint density at radius 2 is 1.81 bits per heavy atom. The van der Waals surface area contributed by atoms with Crippen LogP contribution in [-0.2, 0) is 9.81 Å². The van der Waals surface area contributed by atoms with Crippen molar-refractivity contribution >= 4 is 9.81 Å². The van der Waals surface area contributed by atoms with Crippen molar-refractivity contribution in [3.63, 3.8) is 0 Å². The molecule has 0 unspecified atom stereocenters. The normalized spacial score (nSPS) is 13.1. The number of hydrogen-bond donors (Lipinski definition) is 1. The SMILES string of the molecule is CC.COc1ccc(S(N)(=O)([O-])[O-])cc1C. The second-order valence-electron chi connectivity index (χ2n) is 2.99. The molecule has 5 nitrogen and oxygen atoms in total. The van der Waals surface area contributed by atoms with Crippen molar-refractivity contribution in [1.29, 1.82) is 0 Å². The fraction of sp³-hybridized carbons (Fsp3) is 0.400. The Labute approximate surface area is 95.8 Å². The molecule has 6 heteroatoms. The molecule has 1 rings (SSSR count). The lowest BCUT2D eigenvalue weighted by Gasteiger charge is -2.51. The second-order valence-corrected chi connectivity index (χ2v) is 5.18. The van der Waals surface area contributed by atoms with Crippen LogP contribution in [-0.4, -0.2) is 20.4 Å². The van der Waals surface area contributed by atoms with Gasteiger partial charge in [-0.05, 0) is 30.7 Å². The van der Waals surface area contributed by atoms with E-state index in [0.29, 0.717) is 11.3 Å². The van der Waals surface area contributed by atoms with Gasteiger partial charge in [0.05, 0.1) is 7.11 Å². The van der Waals surface area contributed by atoms with Crippen molar-refractivity contribution in [2.75, 3.05) is 7.11 Å². The third kappa shape index (κ3) is 3.90. The highest BCUT2D eigenvalue weighted by Crippen LogP contribution is 2.26. The van der Waals surface area contributed by atoms with Gasteiger partial charge in [-0.25, -0.2) is 0 Å². The monoisotopic (exact) mass is 247 g/mol. The predicted octanol–water partition coefficient (Wildman–Crippen LogP) is 1.34. The molecule has 0 amide bonds. The molecule has 0 heterocycles. The summed E-state index contributed by atoms with van der Waals surface area (Å²) in [5.74, 6) is 0.505. The largest absolute Gasteiger partial charge is 0.785 e. The molecule has 0 radical (unpaired) electrons. The van der Waals surface area contributed by atoms with Crippen LogP contribution in [0.15, 0.2) is 23.1 Å². The molecule has 1 aromatic rings. The summed E-state index contributed by atoms with van der Waals surface area (Å²) < 4.78 is 37.8. The molecule has 0 saturated heterocycles. The Morgan fingerprint density at radius 3 is 2.12 bits per heavy atom. The number of benzene rings is 1. The van der Waals surface area contributed by atoms with Crippen LogP contribution in [0.25, 0.3) is 0 Å². The Hall–Kier alpha value is -0.950. The Kier molecular flexibility index (Phi) is 4.63. The first-order chi connectivity index (χ1) is 7.21. The Balaban J connectivity index is 0.00000106. The summed E-state index contributed by atoms with van der Waals surface area (Å²) in [6, 6.07) is 3.70. The van der Waals surface area contributed by atoms with Crippen LogP contribution in [0.5, 0.6) is 5.75 Å². The number of nitrogens with two attached hydrogens (primary N) is 1. The highest BCUT2D eigenvalue weighted by atomic mass is 32.3. The van der Waals surface area contributed by atoms with Crippen LogP contribution in [0.4, 0.5) is 0 Å². The molecule has 0 aliphatic carbocycles. The molecule has 0 aromatic heterocycles. The van der Waals surface area contributed by atoms with E-state index >= 15 is 0 Å². The maximum absolute atomic E-state index is 11.0. The molecule has 0 atom stereocenters. The lowest BCUT2D eigenvalue weighted by Crippen LogP contribution is -2.42. The zero-order chi connectivity index (χ0) is 13.0. The maximum atomic E-state index is 11.0. The lowest BCUT2D eigenvalue weighted by molar-refractivity contribution is 0.358. The standard InChI is InChI=1S/C8H13NO4S.C2H6/c1-6-5-7(14(9,10,11)12)3-4-8(6)13-2;1-2/h3-5H,1-2H3,(H4,9,10,11,12);1-2H3/p-2. The smallest absolute Gasteiger partial charge is 0.121 e. The average molecular weight is 247 g/mol. The van der Waals surface area contributed by atoms with E-state index in [0.717, 1.165) is 6.07 Å². The van der Waals surface area contributed by atoms with Crippen molar-refractivity contribution in [1.82, 2.24) is 0 Å². The van der Waals surface area contributed by atoms with E-state index in [4.69, 9.17) is 4.74 Å².